The van der Waals surface area contributed by atoms with Gasteiger partial charge in [-0.25, -0.2) is 4.98 Å². The van der Waals surface area contributed by atoms with Crippen LogP contribution in [0.3, 0.4) is 0 Å². The average Bonchev–Trinajstić information content (AvgIpc) is 3.23. The lowest BCUT2D eigenvalue weighted by molar-refractivity contribution is -0.117. The Morgan fingerprint density at radius 2 is 2.00 bits per heavy atom. The molecule has 6 heteroatoms. The summed E-state index contributed by atoms with van der Waals surface area (Å²) in [5.74, 6) is -0.0000515. The van der Waals surface area contributed by atoms with Gasteiger partial charge in [0.15, 0.2) is 0 Å². The fourth-order valence-electron chi connectivity index (χ4n) is 2.85. The van der Waals surface area contributed by atoms with Crippen LogP contribution in [0.25, 0.3) is 10.2 Å². The zero-order valence-corrected chi connectivity index (χ0v) is 13.7. The third-order valence-electron chi connectivity index (χ3n) is 4.10. The molecule has 5 nitrogen and oxygen atoms in total. The second-order valence-electron chi connectivity index (χ2n) is 5.68. The van der Waals surface area contributed by atoms with Gasteiger partial charge in [-0.05, 0) is 48.9 Å². The quantitative estimate of drug-likeness (QED) is 0.793. The highest BCUT2D eigenvalue weighted by Crippen LogP contribution is 2.24. The minimum atomic E-state index is -0.157. The van der Waals surface area contributed by atoms with E-state index >= 15 is 0 Å². The molecule has 2 heterocycles. The van der Waals surface area contributed by atoms with Crippen molar-refractivity contribution >= 4 is 44.7 Å². The summed E-state index contributed by atoms with van der Waals surface area (Å²) in [6.45, 7) is 0.763. The number of hydrogen-bond acceptors (Lipinski definition) is 4. The van der Waals surface area contributed by atoms with Crippen molar-refractivity contribution < 1.29 is 9.59 Å². The highest BCUT2D eigenvalue weighted by molar-refractivity contribution is 7.16. The number of anilines is 2. The molecule has 120 valence electrons. The molecule has 1 aliphatic heterocycles. The number of hydrogen-bond donors (Lipinski definition) is 1. The molecular formula is C18H15N3O2S. The number of thiazole rings is 1. The van der Waals surface area contributed by atoms with Crippen molar-refractivity contribution in [2.24, 2.45) is 0 Å². The molecular weight excluding hydrogens is 322 g/mol. The maximum absolute atomic E-state index is 12.4. The Morgan fingerprint density at radius 3 is 2.75 bits per heavy atom. The van der Waals surface area contributed by atoms with Crippen LogP contribution in [0.5, 0.6) is 0 Å². The van der Waals surface area contributed by atoms with Crippen LogP contribution < -0.4 is 10.2 Å². The third kappa shape index (κ3) is 2.76. The minimum Gasteiger partial charge on any atom is -0.322 e. The number of nitrogens with one attached hydrogen (secondary N) is 1. The average molecular weight is 337 g/mol. The minimum absolute atomic E-state index is 0.157. The van der Waals surface area contributed by atoms with Gasteiger partial charge in [-0.15, -0.1) is 11.3 Å². The first kappa shape index (κ1) is 14.8. The van der Waals surface area contributed by atoms with E-state index in [1.54, 1.807) is 16.5 Å². The van der Waals surface area contributed by atoms with Crippen LogP contribution in [0.2, 0.25) is 0 Å². The van der Waals surface area contributed by atoms with Gasteiger partial charge in [-0.3, -0.25) is 9.59 Å². The monoisotopic (exact) mass is 337 g/mol. The van der Waals surface area contributed by atoms with E-state index in [-0.39, 0.29) is 11.8 Å². The normalized spacial score (nSPS) is 14.3. The van der Waals surface area contributed by atoms with E-state index in [4.69, 9.17) is 0 Å². The maximum Gasteiger partial charge on any atom is 0.255 e. The summed E-state index contributed by atoms with van der Waals surface area (Å²) in [5.41, 5.74) is 4.85. The lowest BCUT2D eigenvalue weighted by Crippen LogP contribution is -2.23. The lowest BCUT2D eigenvalue weighted by Gasteiger charge is -2.16. The molecule has 2 amide bonds. The Labute approximate surface area is 142 Å². The largest absolute Gasteiger partial charge is 0.322 e. The first-order valence-electron chi connectivity index (χ1n) is 7.76. The number of carbonyl (C=O) groups is 2. The summed E-state index contributed by atoms with van der Waals surface area (Å²) in [6.07, 6.45) is 1.51. The van der Waals surface area contributed by atoms with Crippen molar-refractivity contribution in [2.75, 3.05) is 16.8 Å². The molecule has 0 atom stereocenters. The van der Waals surface area contributed by atoms with E-state index in [1.165, 1.54) is 11.3 Å². The van der Waals surface area contributed by atoms with Crippen LogP contribution in [0.4, 0.5) is 11.4 Å². The van der Waals surface area contributed by atoms with Gasteiger partial charge in [0.2, 0.25) is 5.91 Å². The van der Waals surface area contributed by atoms with Gasteiger partial charge >= 0.3 is 0 Å². The molecule has 0 radical (unpaired) electrons. The number of rotatable bonds is 3. The molecule has 0 saturated carbocycles. The summed E-state index contributed by atoms with van der Waals surface area (Å²) < 4.78 is 0.991. The molecule has 0 aliphatic carbocycles. The van der Waals surface area contributed by atoms with Gasteiger partial charge in [-0.2, -0.15) is 0 Å². The summed E-state index contributed by atoms with van der Waals surface area (Å²) in [6, 6.07) is 12.8. The van der Waals surface area contributed by atoms with Gasteiger partial charge in [-0.1, -0.05) is 0 Å². The Morgan fingerprint density at radius 1 is 1.17 bits per heavy atom. The fourth-order valence-corrected chi connectivity index (χ4v) is 3.56. The van der Waals surface area contributed by atoms with Crippen molar-refractivity contribution in [3.05, 3.63) is 53.5 Å². The first-order valence-corrected chi connectivity index (χ1v) is 8.64. The molecule has 1 aromatic heterocycles. The number of benzene rings is 2. The van der Waals surface area contributed by atoms with Crippen molar-refractivity contribution in [1.29, 1.82) is 0 Å². The van der Waals surface area contributed by atoms with E-state index in [0.717, 1.165) is 28.9 Å². The van der Waals surface area contributed by atoms with Crippen molar-refractivity contribution in [2.45, 2.75) is 12.8 Å². The van der Waals surface area contributed by atoms with Crippen LogP contribution in [-0.4, -0.2) is 23.3 Å². The van der Waals surface area contributed by atoms with Gasteiger partial charge in [0, 0.05) is 29.9 Å². The van der Waals surface area contributed by atoms with Crippen molar-refractivity contribution in [3.63, 3.8) is 0 Å². The summed E-state index contributed by atoms with van der Waals surface area (Å²) >= 11 is 1.51. The van der Waals surface area contributed by atoms with E-state index in [2.05, 4.69) is 10.3 Å². The maximum atomic E-state index is 12.4. The Bertz CT molecular complexity index is 917. The number of aromatic nitrogens is 1. The van der Waals surface area contributed by atoms with E-state index in [9.17, 15) is 9.59 Å². The number of nitrogens with zero attached hydrogens (tertiary/aromatic N) is 2. The third-order valence-corrected chi connectivity index (χ3v) is 4.90. The molecule has 24 heavy (non-hydrogen) atoms. The predicted molar refractivity (Wildman–Crippen MR) is 95.6 cm³/mol. The topological polar surface area (TPSA) is 62.3 Å². The zero-order valence-electron chi connectivity index (χ0n) is 12.9. The molecule has 1 saturated heterocycles. The Hall–Kier alpha value is -2.73. The highest BCUT2D eigenvalue weighted by atomic mass is 32.1. The first-order chi connectivity index (χ1) is 11.7. The van der Waals surface area contributed by atoms with Gasteiger partial charge in [0.05, 0.1) is 15.7 Å². The Kier molecular flexibility index (Phi) is 3.74. The van der Waals surface area contributed by atoms with E-state index in [0.29, 0.717) is 17.7 Å². The van der Waals surface area contributed by atoms with Crippen LogP contribution in [0.15, 0.2) is 48.0 Å². The second-order valence-corrected chi connectivity index (χ2v) is 6.57. The standard InChI is InChI=1S/C18H15N3O2S/c22-17-2-1-9-21(17)14-6-4-13(5-7-14)20-18(23)12-3-8-15-16(10-12)24-11-19-15/h3-8,10-11H,1-2,9H2,(H,20,23). The molecule has 1 aliphatic rings. The van der Waals surface area contributed by atoms with Crippen LogP contribution in [-0.2, 0) is 4.79 Å². The lowest BCUT2D eigenvalue weighted by atomic mass is 10.2. The number of amides is 2. The fraction of sp³-hybridized carbons (Fsp3) is 0.167. The van der Waals surface area contributed by atoms with E-state index < -0.39 is 0 Å². The molecule has 1 fully saturated rings. The highest BCUT2D eigenvalue weighted by Gasteiger charge is 2.21. The SMILES string of the molecule is O=C(Nc1ccc(N2CCCC2=O)cc1)c1ccc2ncsc2c1. The number of fused-ring (bicyclic) bond motifs is 1. The molecule has 2 aromatic carbocycles. The summed E-state index contributed by atoms with van der Waals surface area (Å²) in [5, 5.41) is 2.89. The molecule has 1 N–H and O–H groups in total. The molecule has 0 spiro atoms. The van der Waals surface area contributed by atoms with Crippen LogP contribution >= 0.6 is 11.3 Å². The second kappa shape index (κ2) is 6.05. The molecule has 0 unspecified atom stereocenters. The van der Waals surface area contributed by atoms with Crippen molar-refractivity contribution in [3.8, 4) is 0 Å². The number of carbonyl (C=O) groups excluding carboxylic acids is 2. The summed E-state index contributed by atoms with van der Waals surface area (Å²) in [7, 11) is 0. The van der Waals surface area contributed by atoms with Crippen LogP contribution in [0.1, 0.15) is 23.2 Å². The summed E-state index contributed by atoms with van der Waals surface area (Å²) in [4.78, 5) is 30.1. The van der Waals surface area contributed by atoms with Crippen molar-refractivity contribution in [1.82, 2.24) is 4.98 Å². The van der Waals surface area contributed by atoms with Gasteiger partial charge < -0.3 is 10.2 Å². The molecule has 0 bridgehead atoms. The molecule has 4 rings (SSSR count). The van der Waals surface area contributed by atoms with Crippen LogP contribution in [0, 0.1) is 0 Å². The van der Waals surface area contributed by atoms with E-state index in [1.807, 2.05) is 36.4 Å². The van der Waals surface area contributed by atoms with Gasteiger partial charge in [0.1, 0.15) is 0 Å². The Balaban J connectivity index is 1.50. The smallest absolute Gasteiger partial charge is 0.255 e. The zero-order chi connectivity index (χ0) is 16.5. The molecule has 3 aromatic rings. The predicted octanol–water partition coefficient (Wildman–Crippen LogP) is 3.68. The van der Waals surface area contributed by atoms with Gasteiger partial charge in [0.25, 0.3) is 5.91 Å².